The fraction of sp³-hybridized carbons (Fsp3) is 0.250. The van der Waals surface area contributed by atoms with Crippen molar-refractivity contribution in [3.05, 3.63) is 72.0 Å². The third kappa shape index (κ3) is 3.85. The summed E-state index contributed by atoms with van der Waals surface area (Å²) in [6.07, 6.45) is 5.82. The number of aromatic amines is 1. The normalized spacial score (nSPS) is 15.9. The molecule has 7 nitrogen and oxygen atoms in total. The quantitative estimate of drug-likeness (QED) is 0.410. The summed E-state index contributed by atoms with van der Waals surface area (Å²) < 4.78 is 0. The average molecular weight is 499 g/mol. The molecule has 4 aromatic rings. The molecule has 0 spiro atoms. The van der Waals surface area contributed by atoms with E-state index in [1.807, 2.05) is 6.20 Å². The number of carbonyl (C=O) groups is 1. The molecule has 1 aromatic carbocycles. The molecule has 0 aliphatic carbocycles. The van der Waals surface area contributed by atoms with Gasteiger partial charge in [-0.15, -0.1) is 0 Å². The van der Waals surface area contributed by atoms with Crippen LogP contribution in [-0.2, 0) is 11.2 Å². The number of fused-ring (bicyclic) bond motifs is 2. The lowest BCUT2D eigenvalue weighted by Gasteiger charge is -2.33. The lowest BCUT2D eigenvalue weighted by Crippen LogP contribution is -2.44. The van der Waals surface area contributed by atoms with Gasteiger partial charge in [0.2, 0.25) is 5.91 Å². The van der Waals surface area contributed by atoms with E-state index in [0.717, 1.165) is 83.1 Å². The first kappa shape index (κ1) is 22.8. The number of aromatic nitrogens is 3. The second-order valence-corrected chi connectivity index (χ2v) is 9.78. The molecule has 0 saturated carbocycles. The predicted molar refractivity (Wildman–Crippen MR) is 146 cm³/mol. The summed E-state index contributed by atoms with van der Waals surface area (Å²) in [4.78, 5) is 31.7. The summed E-state index contributed by atoms with van der Waals surface area (Å²) >= 11 is 6.71. The van der Waals surface area contributed by atoms with Crippen LogP contribution < -0.4 is 9.80 Å². The highest BCUT2D eigenvalue weighted by atomic mass is 35.5. The first-order chi connectivity index (χ1) is 17.5. The van der Waals surface area contributed by atoms with Crippen molar-refractivity contribution >= 4 is 40.0 Å². The molecule has 2 aliphatic rings. The molecule has 1 amide bonds. The zero-order valence-electron chi connectivity index (χ0n) is 20.2. The zero-order valence-corrected chi connectivity index (χ0v) is 20.9. The third-order valence-corrected chi connectivity index (χ3v) is 7.53. The molecule has 1 N–H and O–H groups in total. The van der Waals surface area contributed by atoms with E-state index in [1.54, 1.807) is 17.2 Å². The highest BCUT2D eigenvalue weighted by molar-refractivity contribution is 6.36. The van der Waals surface area contributed by atoms with E-state index in [1.165, 1.54) is 6.08 Å². The van der Waals surface area contributed by atoms with Gasteiger partial charge in [0.05, 0.1) is 10.7 Å². The van der Waals surface area contributed by atoms with Crippen LogP contribution in [0.15, 0.2) is 61.4 Å². The van der Waals surface area contributed by atoms with Gasteiger partial charge in [-0.25, -0.2) is 9.97 Å². The summed E-state index contributed by atoms with van der Waals surface area (Å²) in [5.74, 6) is 0.894. The van der Waals surface area contributed by atoms with E-state index in [9.17, 15) is 4.79 Å². The maximum Gasteiger partial charge on any atom is 0.250 e. The van der Waals surface area contributed by atoms with Gasteiger partial charge in [0.15, 0.2) is 0 Å². The highest BCUT2D eigenvalue weighted by Gasteiger charge is 2.26. The molecular formula is C28H27ClN6O. The Labute approximate surface area is 215 Å². The first-order valence-electron chi connectivity index (χ1n) is 12.2. The van der Waals surface area contributed by atoms with Gasteiger partial charge in [0.25, 0.3) is 0 Å². The molecule has 2 aliphatic heterocycles. The van der Waals surface area contributed by atoms with Gasteiger partial charge in [-0.2, -0.15) is 0 Å². The van der Waals surface area contributed by atoms with Crippen LogP contribution in [0.25, 0.3) is 33.4 Å². The second-order valence-electron chi connectivity index (χ2n) is 9.37. The van der Waals surface area contributed by atoms with Crippen LogP contribution in [0, 0.1) is 0 Å². The number of pyridine rings is 2. The molecule has 0 radical (unpaired) electrons. The molecule has 6 rings (SSSR count). The number of halogens is 1. The van der Waals surface area contributed by atoms with Gasteiger partial charge >= 0.3 is 0 Å². The molecule has 1 saturated heterocycles. The number of hydrogen-bond donors (Lipinski definition) is 1. The van der Waals surface area contributed by atoms with Crippen molar-refractivity contribution in [3.63, 3.8) is 0 Å². The lowest BCUT2D eigenvalue weighted by molar-refractivity contribution is -0.114. The summed E-state index contributed by atoms with van der Waals surface area (Å²) in [6.45, 7) is 8.32. The number of piperazine rings is 1. The summed E-state index contributed by atoms with van der Waals surface area (Å²) in [7, 11) is 2.15. The number of hydrogen-bond acceptors (Lipinski definition) is 5. The van der Waals surface area contributed by atoms with E-state index in [-0.39, 0.29) is 5.91 Å². The number of amides is 1. The van der Waals surface area contributed by atoms with Crippen LogP contribution in [0.5, 0.6) is 0 Å². The first-order valence-corrected chi connectivity index (χ1v) is 12.5. The van der Waals surface area contributed by atoms with Gasteiger partial charge < -0.3 is 19.7 Å². The molecule has 0 atom stereocenters. The van der Waals surface area contributed by atoms with Crippen LogP contribution in [0.3, 0.4) is 0 Å². The number of carbonyl (C=O) groups excluding carboxylic acids is 1. The van der Waals surface area contributed by atoms with Crippen LogP contribution >= 0.6 is 11.6 Å². The molecule has 0 bridgehead atoms. The Morgan fingerprint density at radius 1 is 1.06 bits per heavy atom. The van der Waals surface area contributed by atoms with Gasteiger partial charge in [-0.05, 0) is 54.9 Å². The molecular weight excluding hydrogens is 472 g/mol. The van der Waals surface area contributed by atoms with Gasteiger partial charge in [-0.1, -0.05) is 30.3 Å². The van der Waals surface area contributed by atoms with Crippen molar-refractivity contribution in [2.45, 2.75) is 6.42 Å². The highest BCUT2D eigenvalue weighted by Crippen LogP contribution is 2.43. The Hall–Kier alpha value is -3.68. The lowest BCUT2D eigenvalue weighted by atomic mass is 9.97. The number of likely N-dealkylation sites (N-methyl/N-ethyl adjacent to an activating group) is 1. The number of anilines is 2. The molecule has 36 heavy (non-hydrogen) atoms. The number of rotatable bonds is 4. The van der Waals surface area contributed by atoms with E-state index in [0.29, 0.717) is 11.6 Å². The number of nitrogens with one attached hydrogen (secondary N) is 1. The molecule has 5 heterocycles. The Kier molecular flexibility index (Phi) is 5.74. The molecule has 8 heteroatoms. The zero-order chi connectivity index (χ0) is 24.8. The summed E-state index contributed by atoms with van der Waals surface area (Å²) in [5, 5.41) is 1.48. The van der Waals surface area contributed by atoms with E-state index < -0.39 is 0 Å². The van der Waals surface area contributed by atoms with E-state index in [2.05, 4.69) is 63.7 Å². The van der Waals surface area contributed by atoms with Crippen molar-refractivity contribution in [2.24, 2.45) is 0 Å². The minimum Gasteiger partial charge on any atom is -0.354 e. The maximum atomic E-state index is 12.5. The maximum absolute atomic E-state index is 12.5. The SMILES string of the molecule is C=CC(=O)N1CCc2ccc(-c3c(-c4ccc(N5CCN(C)CC5)nc4)[nH]c4nccc(Cl)c34)cc21. The topological polar surface area (TPSA) is 68.4 Å². The average Bonchev–Trinajstić information content (AvgIpc) is 3.51. The van der Waals surface area contributed by atoms with E-state index in [4.69, 9.17) is 16.6 Å². The fourth-order valence-corrected chi connectivity index (χ4v) is 5.45. The minimum absolute atomic E-state index is 0.0894. The predicted octanol–water partition coefficient (Wildman–Crippen LogP) is 4.77. The fourth-order valence-electron chi connectivity index (χ4n) is 5.21. The summed E-state index contributed by atoms with van der Waals surface area (Å²) in [5.41, 5.74) is 6.57. The van der Waals surface area contributed by atoms with Crippen LogP contribution in [-0.4, -0.2) is 65.5 Å². The van der Waals surface area contributed by atoms with Crippen molar-refractivity contribution < 1.29 is 4.79 Å². The summed E-state index contributed by atoms with van der Waals surface area (Å²) in [6, 6.07) is 12.3. The van der Waals surface area contributed by atoms with Crippen LogP contribution in [0.2, 0.25) is 5.02 Å². The van der Waals surface area contributed by atoms with Gasteiger partial charge in [0, 0.05) is 67.3 Å². The number of nitrogens with zero attached hydrogens (tertiary/aromatic N) is 5. The van der Waals surface area contributed by atoms with Crippen molar-refractivity contribution in [1.29, 1.82) is 0 Å². The Morgan fingerprint density at radius 3 is 2.61 bits per heavy atom. The number of H-pyrrole nitrogens is 1. The van der Waals surface area contributed by atoms with Gasteiger partial charge in [-0.3, -0.25) is 4.79 Å². The second kappa shape index (κ2) is 9.08. The molecule has 1 fully saturated rings. The molecule has 3 aromatic heterocycles. The van der Waals surface area contributed by atoms with Crippen LogP contribution in [0.1, 0.15) is 5.56 Å². The Morgan fingerprint density at radius 2 is 1.86 bits per heavy atom. The largest absolute Gasteiger partial charge is 0.354 e. The standard InChI is InChI=1S/C28H27ClN6O/c1-3-24(36)35-11-9-18-4-5-19(16-22(18)35)25-26-21(29)8-10-30-28(26)32-27(25)20-6-7-23(31-17-20)34-14-12-33(2)13-15-34/h3-8,10,16-17H,1,9,11-15H2,2H3,(H,30,32). The van der Waals surface area contributed by atoms with Crippen molar-refractivity contribution in [1.82, 2.24) is 19.9 Å². The van der Waals surface area contributed by atoms with Gasteiger partial charge in [0.1, 0.15) is 11.5 Å². The Bertz CT molecular complexity index is 1470. The number of benzene rings is 1. The van der Waals surface area contributed by atoms with Crippen LogP contribution in [0.4, 0.5) is 11.5 Å². The van der Waals surface area contributed by atoms with E-state index >= 15 is 0 Å². The third-order valence-electron chi connectivity index (χ3n) is 7.22. The minimum atomic E-state index is -0.0894. The monoisotopic (exact) mass is 498 g/mol. The smallest absolute Gasteiger partial charge is 0.250 e. The van der Waals surface area contributed by atoms with Crippen molar-refractivity contribution in [3.8, 4) is 22.4 Å². The molecule has 0 unspecified atom stereocenters. The van der Waals surface area contributed by atoms with Crippen molar-refractivity contribution in [2.75, 3.05) is 49.6 Å². The molecule has 182 valence electrons. The Balaban J connectivity index is 1.46.